The second kappa shape index (κ2) is 8.49. The number of benzene rings is 2. The second-order valence-electron chi connectivity index (χ2n) is 6.59. The molecule has 0 spiro atoms. The van der Waals surface area contributed by atoms with E-state index < -0.39 is 17.3 Å². The lowest BCUT2D eigenvalue weighted by Gasteiger charge is -2.25. The minimum absolute atomic E-state index is 0.0712. The Bertz CT molecular complexity index is 835. The SMILES string of the molecule is CCN(C)C(=O)c1cccc(C(=O)NCC(C)(C(=O)O)c2ccccc2)c1. The van der Waals surface area contributed by atoms with Gasteiger partial charge in [0.2, 0.25) is 0 Å². The molecule has 0 aliphatic rings. The monoisotopic (exact) mass is 368 g/mol. The minimum Gasteiger partial charge on any atom is -0.481 e. The van der Waals surface area contributed by atoms with Gasteiger partial charge in [-0.3, -0.25) is 14.4 Å². The number of carboxylic acids is 1. The van der Waals surface area contributed by atoms with Crippen LogP contribution in [0.15, 0.2) is 54.6 Å². The number of hydrogen-bond acceptors (Lipinski definition) is 3. The molecule has 0 heterocycles. The number of carboxylic acid groups (broad SMARTS) is 1. The first-order chi connectivity index (χ1) is 12.8. The lowest BCUT2D eigenvalue weighted by Crippen LogP contribution is -2.44. The Balaban J connectivity index is 2.17. The molecule has 2 aromatic rings. The fourth-order valence-electron chi connectivity index (χ4n) is 2.62. The van der Waals surface area contributed by atoms with Gasteiger partial charge in [0, 0.05) is 31.3 Å². The molecule has 0 saturated heterocycles. The highest BCUT2D eigenvalue weighted by molar-refractivity contribution is 5.99. The van der Waals surface area contributed by atoms with Gasteiger partial charge in [-0.25, -0.2) is 0 Å². The molecular weight excluding hydrogens is 344 g/mol. The van der Waals surface area contributed by atoms with Gasteiger partial charge < -0.3 is 15.3 Å². The standard InChI is InChI=1S/C21H24N2O4/c1-4-23(3)19(25)16-10-8-9-15(13-16)18(24)22-14-21(2,20(26)27)17-11-6-5-7-12-17/h5-13H,4,14H2,1-3H3,(H,22,24)(H,26,27). The second-order valence-corrected chi connectivity index (χ2v) is 6.59. The van der Waals surface area contributed by atoms with Crippen LogP contribution in [0, 0.1) is 0 Å². The highest BCUT2D eigenvalue weighted by atomic mass is 16.4. The van der Waals surface area contributed by atoms with Crippen molar-refractivity contribution in [3.8, 4) is 0 Å². The molecule has 2 aromatic carbocycles. The first-order valence-corrected chi connectivity index (χ1v) is 8.72. The first kappa shape index (κ1) is 20.2. The van der Waals surface area contributed by atoms with Crippen molar-refractivity contribution in [2.75, 3.05) is 20.1 Å². The third-order valence-corrected chi connectivity index (χ3v) is 4.68. The smallest absolute Gasteiger partial charge is 0.315 e. The fourth-order valence-corrected chi connectivity index (χ4v) is 2.62. The Kier molecular flexibility index (Phi) is 6.34. The molecule has 1 unspecified atom stereocenters. The van der Waals surface area contributed by atoms with Gasteiger partial charge >= 0.3 is 5.97 Å². The Hall–Kier alpha value is -3.15. The largest absolute Gasteiger partial charge is 0.481 e. The molecule has 0 radical (unpaired) electrons. The molecule has 0 fully saturated rings. The Morgan fingerprint density at radius 1 is 1.04 bits per heavy atom. The minimum atomic E-state index is -1.26. The number of amides is 2. The van der Waals surface area contributed by atoms with Crippen LogP contribution in [0.3, 0.4) is 0 Å². The summed E-state index contributed by atoms with van der Waals surface area (Å²) >= 11 is 0. The van der Waals surface area contributed by atoms with Gasteiger partial charge in [0.05, 0.1) is 0 Å². The highest BCUT2D eigenvalue weighted by Gasteiger charge is 2.35. The van der Waals surface area contributed by atoms with Crippen molar-refractivity contribution in [2.45, 2.75) is 19.3 Å². The average molecular weight is 368 g/mol. The molecule has 1 atom stereocenters. The first-order valence-electron chi connectivity index (χ1n) is 8.72. The average Bonchev–Trinajstić information content (AvgIpc) is 2.71. The van der Waals surface area contributed by atoms with Crippen LogP contribution in [0.1, 0.15) is 40.1 Å². The number of hydrogen-bond donors (Lipinski definition) is 2. The molecular formula is C21H24N2O4. The lowest BCUT2D eigenvalue weighted by molar-refractivity contribution is -0.142. The maximum atomic E-state index is 12.5. The molecule has 0 aliphatic carbocycles. The van der Waals surface area contributed by atoms with E-state index in [4.69, 9.17) is 0 Å². The van der Waals surface area contributed by atoms with Crippen LogP contribution >= 0.6 is 0 Å². The van der Waals surface area contributed by atoms with Crippen molar-refractivity contribution < 1.29 is 19.5 Å². The summed E-state index contributed by atoms with van der Waals surface area (Å²) in [6, 6.07) is 15.2. The molecule has 2 N–H and O–H groups in total. The third kappa shape index (κ3) is 4.53. The van der Waals surface area contributed by atoms with Crippen molar-refractivity contribution in [3.63, 3.8) is 0 Å². The van der Waals surface area contributed by atoms with Crippen LogP contribution in [-0.2, 0) is 10.2 Å². The molecule has 2 rings (SSSR count). The van der Waals surface area contributed by atoms with Crippen molar-refractivity contribution in [1.29, 1.82) is 0 Å². The van der Waals surface area contributed by atoms with Gasteiger partial charge in [0.1, 0.15) is 5.41 Å². The molecule has 0 aliphatic heterocycles. The molecule has 6 heteroatoms. The number of nitrogens with one attached hydrogen (secondary N) is 1. The van der Waals surface area contributed by atoms with Crippen molar-refractivity contribution in [3.05, 3.63) is 71.3 Å². The van der Waals surface area contributed by atoms with E-state index in [0.717, 1.165) is 0 Å². The number of rotatable bonds is 7. The maximum absolute atomic E-state index is 12.5. The number of carbonyl (C=O) groups excluding carboxylic acids is 2. The third-order valence-electron chi connectivity index (χ3n) is 4.68. The Labute approximate surface area is 158 Å². The van der Waals surface area contributed by atoms with Crippen LogP contribution in [0.25, 0.3) is 0 Å². The van der Waals surface area contributed by atoms with E-state index >= 15 is 0 Å². The van der Waals surface area contributed by atoms with E-state index in [-0.39, 0.29) is 12.5 Å². The summed E-state index contributed by atoms with van der Waals surface area (Å²) in [6.45, 7) is 3.92. The normalized spacial score (nSPS) is 12.7. The summed E-state index contributed by atoms with van der Waals surface area (Å²) in [5.41, 5.74) is 0.0702. The topological polar surface area (TPSA) is 86.7 Å². The van der Waals surface area contributed by atoms with Crippen LogP contribution in [0.5, 0.6) is 0 Å². The highest BCUT2D eigenvalue weighted by Crippen LogP contribution is 2.23. The molecule has 142 valence electrons. The van der Waals surface area contributed by atoms with Crippen LogP contribution in [0.2, 0.25) is 0 Å². The summed E-state index contributed by atoms with van der Waals surface area (Å²) in [7, 11) is 1.69. The predicted molar refractivity (Wildman–Crippen MR) is 103 cm³/mol. The Morgan fingerprint density at radius 3 is 2.26 bits per heavy atom. The van der Waals surface area contributed by atoms with Gasteiger partial charge in [-0.1, -0.05) is 36.4 Å². The molecule has 2 amide bonds. The van der Waals surface area contributed by atoms with E-state index in [0.29, 0.717) is 23.2 Å². The van der Waals surface area contributed by atoms with E-state index in [1.54, 1.807) is 67.4 Å². The summed E-state index contributed by atoms with van der Waals surface area (Å²) < 4.78 is 0. The molecule has 27 heavy (non-hydrogen) atoms. The quantitative estimate of drug-likeness (QED) is 0.786. The van der Waals surface area contributed by atoms with Crippen molar-refractivity contribution in [2.24, 2.45) is 0 Å². The molecule has 0 aromatic heterocycles. The number of carbonyl (C=O) groups is 3. The van der Waals surface area contributed by atoms with E-state index in [9.17, 15) is 19.5 Å². The fraction of sp³-hybridized carbons (Fsp3) is 0.286. The number of nitrogens with zero attached hydrogens (tertiary/aromatic N) is 1. The zero-order valence-electron chi connectivity index (χ0n) is 15.7. The molecule has 0 bridgehead atoms. The zero-order valence-corrected chi connectivity index (χ0v) is 15.7. The maximum Gasteiger partial charge on any atom is 0.315 e. The van der Waals surface area contributed by atoms with Crippen LogP contribution in [-0.4, -0.2) is 47.9 Å². The summed E-state index contributed by atoms with van der Waals surface area (Å²) in [5, 5.41) is 12.4. The van der Waals surface area contributed by atoms with E-state index in [1.807, 2.05) is 6.92 Å². The van der Waals surface area contributed by atoms with Crippen molar-refractivity contribution >= 4 is 17.8 Å². The van der Waals surface area contributed by atoms with Crippen molar-refractivity contribution in [1.82, 2.24) is 10.2 Å². The van der Waals surface area contributed by atoms with E-state index in [1.165, 1.54) is 6.07 Å². The Morgan fingerprint density at radius 2 is 1.67 bits per heavy atom. The summed E-state index contributed by atoms with van der Waals surface area (Å²) in [4.78, 5) is 38.2. The van der Waals surface area contributed by atoms with Gasteiger partial charge in [-0.05, 0) is 37.6 Å². The van der Waals surface area contributed by atoms with Gasteiger partial charge in [0.25, 0.3) is 11.8 Å². The molecule has 6 nitrogen and oxygen atoms in total. The molecule has 0 saturated carbocycles. The lowest BCUT2D eigenvalue weighted by atomic mass is 9.82. The summed E-state index contributed by atoms with van der Waals surface area (Å²) in [6.07, 6.45) is 0. The van der Waals surface area contributed by atoms with E-state index in [2.05, 4.69) is 5.32 Å². The van der Waals surface area contributed by atoms with Crippen LogP contribution < -0.4 is 5.32 Å². The predicted octanol–water partition coefficient (Wildman–Crippen LogP) is 2.55. The van der Waals surface area contributed by atoms with Crippen LogP contribution in [0.4, 0.5) is 0 Å². The van der Waals surface area contributed by atoms with Gasteiger partial charge in [0.15, 0.2) is 0 Å². The summed E-state index contributed by atoms with van der Waals surface area (Å²) in [5.74, 6) is -1.62. The van der Waals surface area contributed by atoms with Gasteiger partial charge in [-0.2, -0.15) is 0 Å². The number of aliphatic carboxylic acids is 1. The zero-order chi connectivity index (χ0) is 20.0. The van der Waals surface area contributed by atoms with Gasteiger partial charge in [-0.15, -0.1) is 0 Å².